The summed E-state index contributed by atoms with van der Waals surface area (Å²) >= 11 is 5.09. The monoisotopic (exact) mass is 366 g/mol. The summed E-state index contributed by atoms with van der Waals surface area (Å²) in [6.45, 7) is 7.59. The van der Waals surface area contributed by atoms with E-state index in [2.05, 4.69) is 27.1 Å². The molecule has 0 unspecified atom stereocenters. The molecule has 0 aliphatic carbocycles. The van der Waals surface area contributed by atoms with Crippen molar-refractivity contribution in [3.63, 3.8) is 0 Å². The van der Waals surface area contributed by atoms with Crippen LogP contribution < -0.4 is 15.4 Å². The Hall–Kier alpha value is -2.39. The Kier molecular flexibility index (Phi) is 5.58. The summed E-state index contributed by atoms with van der Waals surface area (Å²) in [4.78, 5) is 0.103. The Morgan fingerprint density at radius 3 is 2.54 bits per heavy atom. The van der Waals surface area contributed by atoms with E-state index in [0.717, 1.165) is 0 Å². The van der Waals surface area contributed by atoms with E-state index < -0.39 is 10.0 Å². The van der Waals surface area contributed by atoms with Crippen LogP contribution in [0.3, 0.4) is 0 Å². The predicted octanol–water partition coefficient (Wildman–Crippen LogP) is 2.56. The molecule has 128 valence electrons. The van der Waals surface area contributed by atoms with Gasteiger partial charge in [0.05, 0.1) is 10.6 Å². The molecule has 0 radical (unpaired) electrons. The summed E-state index contributed by atoms with van der Waals surface area (Å²) in [6.07, 6.45) is 1.68. The Bertz CT molecular complexity index is 842. The van der Waals surface area contributed by atoms with E-state index in [-0.39, 0.29) is 10.8 Å². The smallest absolute Gasteiger partial charge is 0.264 e. The minimum atomic E-state index is -3.76. The molecule has 24 heavy (non-hydrogen) atoms. The Balaban J connectivity index is 2.10. The van der Waals surface area contributed by atoms with Gasteiger partial charge in [0.15, 0.2) is 5.11 Å². The number of hydrogen-bond donors (Lipinski definition) is 3. The highest BCUT2D eigenvalue weighted by Crippen LogP contribution is 2.22. The Morgan fingerprint density at radius 2 is 2.00 bits per heavy atom. The normalized spacial score (nSPS) is 10.9. The molecule has 7 nitrogen and oxygen atoms in total. The van der Waals surface area contributed by atoms with Gasteiger partial charge in [-0.1, -0.05) is 11.2 Å². The molecular formula is C15H18N4O3S2. The quantitative estimate of drug-likeness (QED) is 0.534. The first-order valence-electron chi connectivity index (χ1n) is 7.05. The van der Waals surface area contributed by atoms with Crippen LogP contribution in [0.5, 0.6) is 0 Å². The molecule has 1 aromatic carbocycles. The van der Waals surface area contributed by atoms with Crippen LogP contribution in [0.1, 0.15) is 11.3 Å². The fourth-order valence-electron chi connectivity index (χ4n) is 1.75. The van der Waals surface area contributed by atoms with Crippen molar-refractivity contribution in [1.82, 2.24) is 10.5 Å². The van der Waals surface area contributed by atoms with Crippen LogP contribution in [0.15, 0.2) is 46.3 Å². The largest absolute Gasteiger partial charge is 0.359 e. The maximum atomic E-state index is 12.4. The van der Waals surface area contributed by atoms with Crippen LogP contribution in [-0.4, -0.2) is 25.2 Å². The average Bonchev–Trinajstić information content (AvgIpc) is 2.85. The predicted molar refractivity (Wildman–Crippen MR) is 97.6 cm³/mol. The lowest BCUT2D eigenvalue weighted by Crippen LogP contribution is -2.28. The molecular weight excluding hydrogens is 348 g/mol. The number of nitrogens with zero attached hydrogens (tertiary/aromatic N) is 1. The van der Waals surface area contributed by atoms with Crippen molar-refractivity contribution < 1.29 is 12.9 Å². The van der Waals surface area contributed by atoms with E-state index in [4.69, 9.17) is 16.7 Å². The van der Waals surface area contributed by atoms with Gasteiger partial charge in [-0.2, -0.15) is 0 Å². The van der Waals surface area contributed by atoms with E-state index >= 15 is 0 Å². The number of hydrogen-bond acceptors (Lipinski definition) is 5. The second-order valence-electron chi connectivity index (χ2n) is 4.98. The van der Waals surface area contributed by atoms with Crippen molar-refractivity contribution in [3.05, 3.63) is 48.2 Å². The van der Waals surface area contributed by atoms with Crippen LogP contribution in [0.25, 0.3) is 0 Å². The number of sulfonamides is 1. The number of nitrogens with one attached hydrogen (secondary N) is 3. The average molecular weight is 366 g/mol. The van der Waals surface area contributed by atoms with Crippen molar-refractivity contribution in [2.24, 2.45) is 0 Å². The van der Waals surface area contributed by atoms with Crippen LogP contribution in [0.4, 0.5) is 11.6 Å². The van der Waals surface area contributed by atoms with Gasteiger partial charge in [-0.05, 0) is 50.3 Å². The van der Waals surface area contributed by atoms with E-state index in [0.29, 0.717) is 28.6 Å². The molecule has 0 aliphatic rings. The van der Waals surface area contributed by atoms with Crippen molar-refractivity contribution in [1.29, 1.82) is 0 Å². The third-order valence-electron chi connectivity index (χ3n) is 3.21. The van der Waals surface area contributed by atoms with Crippen molar-refractivity contribution >= 4 is 38.9 Å². The number of anilines is 2. The first-order valence-corrected chi connectivity index (χ1v) is 8.94. The van der Waals surface area contributed by atoms with E-state index in [1.165, 1.54) is 12.1 Å². The number of aryl methyl sites for hydroxylation is 1. The fraction of sp³-hybridized carbons (Fsp3) is 0.200. The molecule has 0 spiro atoms. The zero-order valence-electron chi connectivity index (χ0n) is 13.3. The summed E-state index contributed by atoms with van der Waals surface area (Å²) in [5, 5.41) is 10.0. The lowest BCUT2D eigenvalue weighted by Gasteiger charge is -2.10. The lowest BCUT2D eigenvalue weighted by atomic mass is 10.3. The van der Waals surface area contributed by atoms with Crippen molar-refractivity contribution in [2.75, 3.05) is 16.6 Å². The SMILES string of the molecule is C=CCNC(=S)Nc1ccc(S(=O)(=O)Nc2onc(C)c2C)cc1. The molecule has 0 saturated carbocycles. The number of rotatable bonds is 6. The first-order chi connectivity index (χ1) is 11.3. The Labute approximate surface area is 146 Å². The molecule has 1 heterocycles. The minimum Gasteiger partial charge on any atom is -0.359 e. The third kappa shape index (κ3) is 4.33. The highest BCUT2D eigenvalue weighted by atomic mass is 32.2. The zero-order chi connectivity index (χ0) is 17.7. The second-order valence-corrected chi connectivity index (χ2v) is 7.07. The van der Waals surface area contributed by atoms with Gasteiger partial charge in [-0.3, -0.25) is 0 Å². The topological polar surface area (TPSA) is 96.3 Å². The van der Waals surface area contributed by atoms with Gasteiger partial charge in [-0.15, -0.1) is 6.58 Å². The molecule has 0 fully saturated rings. The molecule has 0 atom stereocenters. The summed E-state index contributed by atoms with van der Waals surface area (Å²) in [5.74, 6) is 0.115. The lowest BCUT2D eigenvalue weighted by molar-refractivity contribution is 0.430. The van der Waals surface area contributed by atoms with E-state index in [1.807, 2.05) is 0 Å². The Morgan fingerprint density at radius 1 is 1.33 bits per heavy atom. The molecule has 9 heteroatoms. The van der Waals surface area contributed by atoms with Crippen LogP contribution in [-0.2, 0) is 10.0 Å². The standard InChI is InChI=1S/C15H18N4O3S2/c1-4-9-16-15(23)17-12-5-7-13(8-6-12)24(20,21)19-14-10(2)11(3)18-22-14/h4-8,19H,1,9H2,2-3H3,(H2,16,17,23). The van der Waals surface area contributed by atoms with Crippen molar-refractivity contribution in [2.45, 2.75) is 18.7 Å². The maximum absolute atomic E-state index is 12.4. The summed E-state index contributed by atoms with van der Waals surface area (Å²) in [7, 11) is -3.76. The van der Waals surface area contributed by atoms with E-state index in [9.17, 15) is 8.42 Å². The number of thiocarbonyl (C=S) groups is 1. The third-order valence-corrected chi connectivity index (χ3v) is 4.81. The molecule has 0 aliphatic heterocycles. The van der Waals surface area contributed by atoms with E-state index in [1.54, 1.807) is 32.1 Å². The highest BCUT2D eigenvalue weighted by molar-refractivity contribution is 7.92. The zero-order valence-corrected chi connectivity index (χ0v) is 14.9. The maximum Gasteiger partial charge on any atom is 0.264 e. The minimum absolute atomic E-state index is 0.103. The van der Waals surface area contributed by atoms with Crippen LogP contribution >= 0.6 is 12.2 Å². The van der Waals surface area contributed by atoms with Gasteiger partial charge in [0, 0.05) is 17.8 Å². The fourth-order valence-corrected chi connectivity index (χ4v) is 3.00. The first kappa shape index (κ1) is 18.0. The number of benzene rings is 1. The van der Waals surface area contributed by atoms with Crippen LogP contribution in [0.2, 0.25) is 0 Å². The second kappa shape index (κ2) is 7.45. The van der Waals surface area contributed by atoms with Gasteiger partial charge >= 0.3 is 0 Å². The summed E-state index contributed by atoms with van der Waals surface area (Å²) in [5.41, 5.74) is 1.95. The van der Waals surface area contributed by atoms with Crippen LogP contribution in [0, 0.1) is 13.8 Å². The van der Waals surface area contributed by atoms with Gasteiger partial charge in [0.2, 0.25) is 5.88 Å². The highest BCUT2D eigenvalue weighted by Gasteiger charge is 2.19. The molecule has 1 aromatic heterocycles. The molecule has 0 amide bonds. The summed E-state index contributed by atoms with van der Waals surface area (Å²) < 4.78 is 32.1. The molecule has 0 saturated heterocycles. The van der Waals surface area contributed by atoms with Gasteiger partial charge < -0.3 is 15.2 Å². The van der Waals surface area contributed by atoms with Crippen molar-refractivity contribution in [3.8, 4) is 0 Å². The molecule has 3 N–H and O–H groups in total. The summed E-state index contributed by atoms with van der Waals surface area (Å²) in [6, 6.07) is 6.18. The molecule has 2 rings (SSSR count). The number of aromatic nitrogens is 1. The van der Waals surface area contributed by atoms with Gasteiger partial charge in [-0.25, -0.2) is 13.1 Å². The molecule has 2 aromatic rings. The molecule has 0 bridgehead atoms. The van der Waals surface area contributed by atoms with Gasteiger partial charge in [0.1, 0.15) is 0 Å². The van der Waals surface area contributed by atoms with Gasteiger partial charge in [0.25, 0.3) is 10.0 Å².